The van der Waals surface area contributed by atoms with Gasteiger partial charge in [0.15, 0.2) is 11.2 Å². The maximum Gasteiger partial charge on any atom is 0.287 e. The second-order valence-electron chi connectivity index (χ2n) is 6.48. The molecule has 1 amide bonds. The van der Waals surface area contributed by atoms with Crippen LogP contribution in [-0.4, -0.2) is 5.91 Å². The summed E-state index contributed by atoms with van der Waals surface area (Å²) in [7, 11) is 0. The molecule has 2 heterocycles. The van der Waals surface area contributed by atoms with Gasteiger partial charge in [0, 0.05) is 10.9 Å². The van der Waals surface area contributed by atoms with Gasteiger partial charge in [-0.1, -0.05) is 31.0 Å². The summed E-state index contributed by atoms with van der Waals surface area (Å²) in [6.45, 7) is 0. The van der Waals surface area contributed by atoms with Crippen molar-refractivity contribution in [3.8, 4) is 0 Å². The fourth-order valence-corrected chi connectivity index (χ4v) is 4.48. The van der Waals surface area contributed by atoms with Crippen molar-refractivity contribution < 1.29 is 9.21 Å². The molecule has 0 bridgehead atoms. The summed E-state index contributed by atoms with van der Waals surface area (Å²) < 4.78 is 5.68. The predicted octanol–water partition coefficient (Wildman–Crippen LogP) is 4.52. The van der Waals surface area contributed by atoms with Gasteiger partial charge < -0.3 is 9.73 Å². The number of thiophene rings is 1. The number of para-hydroxylation sites is 1. The van der Waals surface area contributed by atoms with E-state index < -0.39 is 0 Å². The molecule has 1 saturated carbocycles. The zero-order chi connectivity index (χ0) is 17.2. The number of rotatable bonds is 4. The van der Waals surface area contributed by atoms with Crippen molar-refractivity contribution in [2.45, 2.75) is 31.7 Å². The number of fused-ring (bicyclic) bond motifs is 1. The van der Waals surface area contributed by atoms with Gasteiger partial charge in [-0.25, -0.2) is 0 Å². The van der Waals surface area contributed by atoms with Gasteiger partial charge in [0.05, 0.1) is 11.4 Å². The molecule has 1 aromatic carbocycles. The number of hydrogen-bond donors (Lipinski definition) is 1. The Bertz CT molecular complexity index is 939. The van der Waals surface area contributed by atoms with Crippen molar-refractivity contribution in [3.05, 3.63) is 68.7 Å². The number of nitrogens with one attached hydrogen (secondary N) is 1. The molecule has 1 atom stereocenters. The molecule has 1 fully saturated rings. The molecule has 1 N–H and O–H groups in total. The lowest BCUT2D eigenvalue weighted by atomic mass is 9.96. The van der Waals surface area contributed by atoms with Crippen molar-refractivity contribution in [2.75, 3.05) is 0 Å². The van der Waals surface area contributed by atoms with Crippen molar-refractivity contribution in [1.29, 1.82) is 0 Å². The SMILES string of the molecule is O=C(N[C@H](c1cccs1)C1CCCC1)c1cc(=O)c2ccccc2o1. The van der Waals surface area contributed by atoms with Gasteiger partial charge in [-0.3, -0.25) is 9.59 Å². The maximum atomic E-state index is 12.8. The van der Waals surface area contributed by atoms with E-state index in [1.54, 1.807) is 35.6 Å². The van der Waals surface area contributed by atoms with Gasteiger partial charge in [0.25, 0.3) is 5.91 Å². The van der Waals surface area contributed by atoms with E-state index in [0.717, 1.165) is 17.7 Å². The highest BCUT2D eigenvalue weighted by Crippen LogP contribution is 2.37. The van der Waals surface area contributed by atoms with Crippen molar-refractivity contribution >= 4 is 28.2 Å². The van der Waals surface area contributed by atoms with Gasteiger partial charge in [-0.2, -0.15) is 0 Å². The molecule has 25 heavy (non-hydrogen) atoms. The van der Waals surface area contributed by atoms with Crippen LogP contribution in [0.4, 0.5) is 0 Å². The van der Waals surface area contributed by atoms with Crippen LogP contribution in [0, 0.1) is 5.92 Å². The van der Waals surface area contributed by atoms with Crippen LogP contribution in [0.5, 0.6) is 0 Å². The molecule has 128 valence electrons. The molecule has 4 nitrogen and oxygen atoms in total. The van der Waals surface area contributed by atoms with Crippen LogP contribution in [-0.2, 0) is 0 Å². The Hall–Kier alpha value is -2.40. The molecule has 3 aromatic rings. The molecule has 0 saturated heterocycles. The number of amides is 1. The molecule has 0 aliphatic heterocycles. The summed E-state index contributed by atoms with van der Waals surface area (Å²) in [6.07, 6.45) is 4.63. The predicted molar refractivity (Wildman–Crippen MR) is 99.0 cm³/mol. The first-order chi connectivity index (χ1) is 12.2. The van der Waals surface area contributed by atoms with E-state index in [1.807, 2.05) is 11.4 Å². The lowest BCUT2D eigenvalue weighted by Gasteiger charge is -2.23. The highest BCUT2D eigenvalue weighted by atomic mass is 32.1. The molecule has 4 rings (SSSR count). The standard InChI is InChI=1S/C20H19NO3S/c22-15-12-17(24-16-9-4-3-8-14(15)16)20(23)21-19(13-6-1-2-7-13)18-10-5-11-25-18/h3-5,8-13,19H,1-2,6-7H2,(H,21,23)/t19-/m0/s1. The van der Waals surface area contributed by atoms with Gasteiger partial charge in [-0.05, 0) is 42.3 Å². The fourth-order valence-electron chi connectivity index (χ4n) is 3.61. The van der Waals surface area contributed by atoms with E-state index in [9.17, 15) is 9.59 Å². The number of hydrogen-bond acceptors (Lipinski definition) is 4. The number of benzene rings is 1. The monoisotopic (exact) mass is 353 g/mol. The van der Waals surface area contributed by atoms with E-state index in [-0.39, 0.29) is 23.1 Å². The highest BCUT2D eigenvalue weighted by molar-refractivity contribution is 7.10. The molecular formula is C20H19NO3S. The average molecular weight is 353 g/mol. The lowest BCUT2D eigenvalue weighted by molar-refractivity contribution is 0.0895. The topological polar surface area (TPSA) is 59.3 Å². The van der Waals surface area contributed by atoms with Crippen LogP contribution in [0.3, 0.4) is 0 Å². The molecular weight excluding hydrogens is 334 g/mol. The minimum absolute atomic E-state index is 0.0215. The van der Waals surface area contributed by atoms with E-state index in [2.05, 4.69) is 11.4 Å². The van der Waals surface area contributed by atoms with E-state index in [1.165, 1.54) is 18.9 Å². The van der Waals surface area contributed by atoms with Crippen molar-refractivity contribution in [3.63, 3.8) is 0 Å². The fraction of sp³-hybridized carbons (Fsp3) is 0.300. The Morgan fingerprint density at radius 1 is 1.16 bits per heavy atom. The molecule has 0 spiro atoms. The van der Waals surface area contributed by atoms with Crippen molar-refractivity contribution in [2.24, 2.45) is 5.92 Å². The van der Waals surface area contributed by atoms with Crippen LogP contribution >= 0.6 is 11.3 Å². The number of carbonyl (C=O) groups is 1. The first-order valence-electron chi connectivity index (χ1n) is 8.59. The summed E-state index contributed by atoms with van der Waals surface area (Å²) in [5, 5.41) is 5.63. The van der Waals surface area contributed by atoms with Crippen LogP contribution in [0.1, 0.15) is 47.2 Å². The van der Waals surface area contributed by atoms with Gasteiger partial charge >= 0.3 is 0 Å². The van der Waals surface area contributed by atoms with Crippen LogP contribution in [0.2, 0.25) is 0 Å². The number of carbonyl (C=O) groups excluding carboxylic acids is 1. The normalized spacial score (nSPS) is 16.2. The molecule has 1 aliphatic rings. The molecule has 5 heteroatoms. The summed E-state index contributed by atoms with van der Waals surface area (Å²) in [4.78, 5) is 26.2. The van der Waals surface area contributed by atoms with E-state index in [0.29, 0.717) is 16.9 Å². The molecule has 1 aliphatic carbocycles. The lowest BCUT2D eigenvalue weighted by Crippen LogP contribution is -2.32. The molecule has 2 aromatic heterocycles. The van der Waals surface area contributed by atoms with E-state index >= 15 is 0 Å². The third-order valence-corrected chi connectivity index (χ3v) is 5.82. The average Bonchev–Trinajstić information content (AvgIpc) is 3.33. The van der Waals surface area contributed by atoms with Crippen LogP contribution in [0.15, 0.2) is 57.1 Å². The minimum atomic E-state index is -0.326. The molecule has 0 unspecified atom stereocenters. The third kappa shape index (κ3) is 3.24. The smallest absolute Gasteiger partial charge is 0.287 e. The summed E-state index contributed by atoms with van der Waals surface area (Å²) in [5.41, 5.74) is 0.245. The Balaban J connectivity index is 1.64. The Morgan fingerprint density at radius 3 is 2.72 bits per heavy atom. The van der Waals surface area contributed by atoms with Gasteiger partial charge in [0.2, 0.25) is 0 Å². The summed E-state index contributed by atoms with van der Waals surface area (Å²) in [5.74, 6) is 0.186. The maximum absolute atomic E-state index is 12.8. The Kier molecular flexibility index (Phi) is 4.40. The summed E-state index contributed by atoms with van der Waals surface area (Å²) in [6, 6.07) is 12.3. The second-order valence-corrected chi connectivity index (χ2v) is 7.46. The largest absolute Gasteiger partial charge is 0.451 e. The second kappa shape index (κ2) is 6.84. The third-order valence-electron chi connectivity index (χ3n) is 4.87. The van der Waals surface area contributed by atoms with Crippen LogP contribution < -0.4 is 10.7 Å². The first kappa shape index (κ1) is 16.1. The zero-order valence-corrected chi connectivity index (χ0v) is 14.6. The van der Waals surface area contributed by atoms with Crippen LogP contribution in [0.25, 0.3) is 11.0 Å². The van der Waals surface area contributed by atoms with Gasteiger partial charge in [-0.15, -0.1) is 11.3 Å². The zero-order valence-electron chi connectivity index (χ0n) is 13.7. The summed E-state index contributed by atoms with van der Waals surface area (Å²) >= 11 is 1.65. The van der Waals surface area contributed by atoms with E-state index in [4.69, 9.17) is 4.42 Å². The van der Waals surface area contributed by atoms with Crippen molar-refractivity contribution in [1.82, 2.24) is 5.32 Å². The Labute approximate surface area is 149 Å². The Morgan fingerprint density at radius 2 is 1.96 bits per heavy atom. The van der Waals surface area contributed by atoms with Gasteiger partial charge in [0.1, 0.15) is 5.58 Å². The highest BCUT2D eigenvalue weighted by Gasteiger charge is 2.29. The first-order valence-corrected chi connectivity index (χ1v) is 9.47. The minimum Gasteiger partial charge on any atom is -0.451 e. The molecule has 0 radical (unpaired) electrons. The quantitative estimate of drug-likeness (QED) is 0.750.